The first-order chi connectivity index (χ1) is 41.1. The lowest BCUT2D eigenvalue weighted by Crippen LogP contribution is -2.40. The number of quaternary nitrogens is 1. The molecule has 2 atom stereocenters. The zero-order valence-corrected chi connectivity index (χ0v) is 56.6. The van der Waals surface area contributed by atoms with E-state index in [2.05, 4.69) is 50.3 Å². The van der Waals surface area contributed by atoms with Gasteiger partial charge in [-0.1, -0.05) is 320 Å². The van der Waals surface area contributed by atoms with Crippen LogP contribution in [-0.2, 0) is 33.3 Å². The Bertz CT molecular complexity index is 1470. The number of ether oxygens (including phenoxy) is 4. The maximum atomic E-state index is 12.9. The van der Waals surface area contributed by atoms with E-state index >= 15 is 0 Å². The summed E-state index contributed by atoms with van der Waals surface area (Å²) >= 11 is 0. The molecule has 2 unspecified atom stereocenters. The van der Waals surface area contributed by atoms with Crippen molar-refractivity contribution in [2.24, 2.45) is 0 Å². The average molecular weight is 1190 g/mol. The van der Waals surface area contributed by atoms with Crippen LogP contribution in [0.3, 0.4) is 0 Å². The summed E-state index contributed by atoms with van der Waals surface area (Å²) < 4.78 is 23.0. The molecule has 0 aliphatic rings. The number of hydrogen-bond donors (Lipinski definition) is 1. The second-order valence-corrected chi connectivity index (χ2v) is 26.3. The Balaban J connectivity index is 3.90. The van der Waals surface area contributed by atoms with Crippen LogP contribution in [0.5, 0.6) is 0 Å². The number of rotatable bonds is 69. The van der Waals surface area contributed by atoms with Crippen LogP contribution in [0.1, 0.15) is 367 Å². The van der Waals surface area contributed by atoms with E-state index in [9.17, 15) is 19.5 Å². The third-order valence-electron chi connectivity index (χ3n) is 16.6. The second kappa shape index (κ2) is 66.5. The maximum absolute atomic E-state index is 12.9. The fraction of sp³-hybridized carbons (Fsp3) is 0.880. The van der Waals surface area contributed by atoms with Crippen LogP contribution in [-0.4, -0.2) is 87.4 Å². The van der Waals surface area contributed by atoms with Gasteiger partial charge >= 0.3 is 17.9 Å². The summed E-state index contributed by atoms with van der Waals surface area (Å²) in [5, 5.41) is 9.73. The molecule has 0 aromatic rings. The predicted octanol–water partition coefficient (Wildman–Crippen LogP) is 22.8. The van der Waals surface area contributed by atoms with Gasteiger partial charge in [0.05, 0.1) is 34.4 Å². The number of hydrogen-bond acceptors (Lipinski definition) is 7. The van der Waals surface area contributed by atoms with Gasteiger partial charge in [0.25, 0.3) is 6.29 Å². The van der Waals surface area contributed by atoms with E-state index in [1.54, 1.807) is 0 Å². The molecule has 0 amide bonds. The molecular weight excluding hydrogens is 1040 g/mol. The van der Waals surface area contributed by atoms with E-state index in [4.69, 9.17) is 18.9 Å². The molecule has 0 radical (unpaired) electrons. The van der Waals surface area contributed by atoms with Gasteiger partial charge < -0.3 is 28.5 Å². The molecule has 0 aliphatic carbocycles. The Labute approximate surface area is 521 Å². The number of carbonyl (C=O) groups is 3. The number of carbonyl (C=O) groups excluding carboxylic acids is 2. The first-order valence-corrected chi connectivity index (χ1v) is 36.7. The molecule has 0 rings (SSSR count). The standard InChI is InChI=1S/C75H141NO8/c1-6-8-10-12-14-16-18-20-22-24-26-27-28-29-30-31-32-33-34-35-36-37-38-39-40-41-42-43-44-45-46-47-48-50-51-53-55-57-59-61-63-65-72(77)82-69-71(70-83-75(74(79)80)81-68-67-76(3,4)5)84-73(78)66-64-62-60-58-56-54-52-49-25-23-21-19-17-15-13-11-9-7-2/h17,19,23-26,71,75H,6-16,18,20-22,27-70H2,1-5H3/p+1/b19-17-,25-23-,26-24-. The fourth-order valence-electron chi connectivity index (χ4n) is 11.0. The van der Waals surface area contributed by atoms with E-state index in [1.807, 2.05) is 21.1 Å². The molecule has 0 aromatic carbocycles. The Morgan fingerprint density at radius 1 is 0.357 bits per heavy atom. The third-order valence-corrected chi connectivity index (χ3v) is 16.6. The van der Waals surface area contributed by atoms with Crippen molar-refractivity contribution in [3.63, 3.8) is 0 Å². The normalized spacial score (nSPS) is 12.8. The molecular formula is C75H142NO8+. The van der Waals surface area contributed by atoms with Crippen molar-refractivity contribution < 1.29 is 42.9 Å². The van der Waals surface area contributed by atoms with Crippen molar-refractivity contribution >= 4 is 17.9 Å². The highest BCUT2D eigenvalue weighted by molar-refractivity contribution is 5.71. The molecule has 0 bridgehead atoms. The number of likely N-dealkylation sites (N-methyl/N-ethyl adjacent to an activating group) is 1. The van der Waals surface area contributed by atoms with Gasteiger partial charge in [-0.05, 0) is 70.6 Å². The van der Waals surface area contributed by atoms with Gasteiger partial charge in [0.1, 0.15) is 13.2 Å². The van der Waals surface area contributed by atoms with Crippen molar-refractivity contribution in [2.75, 3.05) is 47.5 Å². The van der Waals surface area contributed by atoms with Crippen molar-refractivity contribution in [1.82, 2.24) is 0 Å². The third kappa shape index (κ3) is 67.0. The van der Waals surface area contributed by atoms with Crippen molar-refractivity contribution in [1.29, 1.82) is 0 Å². The van der Waals surface area contributed by atoms with E-state index in [1.165, 1.54) is 283 Å². The number of nitrogens with zero attached hydrogens (tertiary/aromatic N) is 1. The summed E-state index contributed by atoms with van der Waals surface area (Å²) in [6.07, 6.45) is 81.5. The molecule has 0 aliphatic heterocycles. The van der Waals surface area contributed by atoms with Gasteiger partial charge in [0, 0.05) is 12.8 Å². The number of allylic oxidation sites excluding steroid dienone is 6. The number of unbranched alkanes of at least 4 members (excludes halogenated alkanes) is 48. The van der Waals surface area contributed by atoms with E-state index in [0.717, 1.165) is 51.4 Å². The lowest BCUT2D eigenvalue weighted by atomic mass is 10.0. The number of aliphatic carboxylic acids is 1. The van der Waals surface area contributed by atoms with Gasteiger partial charge in [-0.15, -0.1) is 0 Å². The minimum Gasteiger partial charge on any atom is -0.477 e. The second-order valence-electron chi connectivity index (χ2n) is 26.3. The molecule has 494 valence electrons. The smallest absolute Gasteiger partial charge is 0.361 e. The van der Waals surface area contributed by atoms with Crippen LogP contribution in [0.4, 0.5) is 0 Å². The zero-order chi connectivity index (χ0) is 61.2. The Morgan fingerprint density at radius 2 is 0.643 bits per heavy atom. The van der Waals surface area contributed by atoms with Crippen molar-refractivity contribution in [3.05, 3.63) is 36.5 Å². The van der Waals surface area contributed by atoms with Gasteiger partial charge in [0.2, 0.25) is 0 Å². The van der Waals surface area contributed by atoms with E-state index in [-0.39, 0.29) is 32.2 Å². The molecule has 84 heavy (non-hydrogen) atoms. The average Bonchev–Trinajstić information content (AvgIpc) is 3.55. The monoisotopic (exact) mass is 1190 g/mol. The molecule has 1 N–H and O–H groups in total. The van der Waals surface area contributed by atoms with Crippen LogP contribution in [0.15, 0.2) is 36.5 Å². The summed E-state index contributed by atoms with van der Waals surface area (Å²) in [6, 6.07) is 0. The SMILES string of the molecule is CCCCCC/C=C\C/C=C\CCCCCCCCCC(=O)OC(COC(=O)CCCCCCCCCCCCCCCCCCCCCCCCCCCCCCC/C=C\CCCCCCCCCC)COC(OCC[N+](C)(C)C)C(=O)O. The summed E-state index contributed by atoms with van der Waals surface area (Å²) in [7, 11) is 5.98. The lowest BCUT2D eigenvalue weighted by molar-refractivity contribution is -0.870. The summed E-state index contributed by atoms with van der Waals surface area (Å²) in [5.41, 5.74) is 0. The summed E-state index contributed by atoms with van der Waals surface area (Å²) in [6.45, 7) is 4.90. The largest absolute Gasteiger partial charge is 0.477 e. The number of carboxylic acids is 1. The Kier molecular flexibility index (Phi) is 64.5. The Hall–Kier alpha value is -2.49. The molecule has 0 saturated heterocycles. The molecule has 0 spiro atoms. The topological polar surface area (TPSA) is 108 Å². The molecule has 9 heteroatoms. The van der Waals surface area contributed by atoms with Crippen LogP contribution in [0.2, 0.25) is 0 Å². The summed E-state index contributed by atoms with van der Waals surface area (Å²) in [5.74, 6) is -1.99. The molecule has 0 aromatic heterocycles. The van der Waals surface area contributed by atoms with Crippen LogP contribution >= 0.6 is 0 Å². The minimum absolute atomic E-state index is 0.181. The minimum atomic E-state index is -1.51. The number of esters is 2. The maximum Gasteiger partial charge on any atom is 0.361 e. The first kappa shape index (κ1) is 81.5. The van der Waals surface area contributed by atoms with Crippen LogP contribution in [0, 0.1) is 0 Å². The molecule has 0 heterocycles. The number of carboxylic acid groups (broad SMARTS) is 1. The fourth-order valence-corrected chi connectivity index (χ4v) is 11.0. The quantitative estimate of drug-likeness (QED) is 0.0211. The first-order valence-electron chi connectivity index (χ1n) is 36.7. The van der Waals surface area contributed by atoms with Gasteiger partial charge in [-0.3, -0.25) is 9.59 Å². The predicted molar refractivity (Wildman–Crippen MR) is 360 cm³/mol. The highest BCUT2D eigenvalue weighted by Crippen LogP contribution is 2.19. The molecule has 9 nitrogen and oxygen atoms in total. The van der Waals surface area contributed by atoms with Crippen LogP contribution in [0.25, 0.3) is 0 Å². The zero-order valence-electron chi connectivity index (χ0n) is 56.6. The van der Waals surface area contributed by atoms with Crippen LogP contribution < -0.4 is 0 Å². The van der Waals surface area contributed by atoms with E-state index in [0.29, 0.717) is 23.9 Å². The highest BCUT2D eigenvalue weighted by atomic mass is 16.7. The molecule has 0 saturated carbocycles. The lowest BCUT2D eigenvalue weighted by Gasteiger charge is -2.25. The van der Waals surface area contributed by atoms with Crippen molar-refractivity contribution in [3.8, 4) is 0 Å². The Morgan fingerprint density at radius 3 is 0.964 bits per heavy atom. The highest BCUT2D eigenvalue weighted by Gasteiger charge is 2.25. The molecule has 0 fully saturated rings. The van der Waals surface area contributed by atoms with Gasteiger partial charge in [-0.2, -0.15) is 0 Å². The summed E-state index contributed by atoms with van der Waals surface area (Å²) in [4.78, 5) is 37.5. The van der Waals surface area contributed by atoms with Gasteiger partial charge in [-0.25, -0.2) is 4.79 Å². The van der Waals surface area contributed by atoms with E-state index < -0.39 is 24.3 Å². The van der Waals surface area contributed by atoms with Gasteiger partial charge in [0.15, 0.2) is 6.10 Å². The van der Waals surface area contributed by atoms with Crippen molar-refractivity contribution in [2.45, 2.75) is 379 Å².